The van der Waals surface area contributed by atoms with Crippen LogP contribution in [-0.2, 0) is 4.79 Å². The van der Waals surface area contributed by atoms with Gasteiger partial charge in [0.2, 0.25) is 5.91 Å². The third-order valence-electron chi connectivity index (χ3n) is 2.87. The van der Waals surface area contributed by atoms with Gasteiger partial charge < -0.3 is 9.64 Å². The lowest BCUT2D eigenvalue weighted by Crippen LogP contribution is -2.24. The summed E-state index contributed by atoms with van der Waals surface area (Å²) in [5.41, 5.74) is 0.962. The van der Waals surface area contributed by atoms with E-state index in [2.05, 4.69) is 38.5 Å². The zero-order chi connectivity index (χ0) is 12.4. The maximum atomic E-state index is 11.9. The summed E-state index contributed by atoms with van der Waals surface area (Å²) < 4.78 is 6.24. The van der Waals surface area contributed by atoms with Gasteiger partial charge in [-0.05, 0) is 46.7 Å². The van der Waals surface area contributed by atoms with E-state index in [1.54, 1.807) is 7.11 Å². The van der Waals surface area contributed by atoms with Crippen LogP contribution in [0.1, 0.15) is 6.42 Å². The average Bonchev–Trinajstić information content (AvgIpc) is 2.70. The lowest BCUT2D eigenvalue weighted by Gasteiger charge is -2.17. The Balaban J connectivity index is 2.23. The summed E-state index contributed by atoms with van der Waals surface area (Å²) in [4.78, 5) is 13.7. The van der Waals surface area contributed by atoms with Crippen molar-refractivity contribution in [2.75, 3.05) is 23.9 Å². The molecule has 0 aromatic heterocycles. The number of anilines is 1. The van der Waals surface area contributed by atoms with E-state index in [1.165, 1.54) is 0 Å². The Morgan fingerprint density at radius 3 is 2.88 bits per heavy atom. The van der Waals surface area contributed by atoms with Crippen LogP contribution in [-0.4, -0.2) is 24.9 Å². The van der Waals surface area contributed by atoms with E-state index in [0.29, 0.717) is 12.3 Å². The van der Waals surface area contributed by atoms with E-state index in [9.17, 15) is 4.79 Å². The number of halogens is 2. The minimum atomic E-state index is 0.204. The first-order valence-electron chi connectivity index (χ1n) is 5.35. The molecule has 0 N–H and O–H groups in total. The number of amides is 1. The number of alkyl halides is 1. The predicted molar refractivity (Wildman–Crippen MR) is 80.0 cm³/mol. The lowest BCUT2D eigenvalue weighted by atomic mass is 10.2. The number of ether oxygens (including phenoxy) is 1. The highest BCUT2D eigenvalue weighted by Gasteiger charge is 2.29. The van der Waals surface area contributed by atoms with E-state index in [1.807, 2.05) is 23.1 Å². The van der Waals surface area contributed by atoms with Crippen LogP contribution in [0.4, 0.5) is 5.69 Å². The van der Waals surface area contributed by atoms with Crippen molar-refractivity contribution in [1.82, 2.24) is 0 Å². The van der Waals surface area contributed by atoms with Crippen molar-refractivity contribution in [2.24, 2.45) is 5.92 Å². The fraction of sp³-hybridized carbons (Fsp3) is 0.417. The number of hydrogen-bond acceptors (Lipinski definition) is 2. The third-order valence-corrected chi connectivity index (χ3v) is 4.63. The first-order valence-corrected chi connectivity index (χ1v) is 7.55. The monoisotopic (exact) mass is 409 g/mol. The zero-order valence-corrected chi connectivity index (χ0v) is 13.2. The van der Waals surface area contributed by atoms with Gasteiger partial charge in [0.25, 0.3) is 0 Å². The van der Waals surface area contributed by atoms with Gasteiger partial charge in [-0.15, -0.1) is 0 Å². The fourth-order valence-electron chi connectivity index (χ4n) is 1.96. The molecule has 1 atom stereocenters. The topological polar surface area (TPSA) is 29.5 Å². The largest absolute Gasteiger partial charge is 0.496 e. The van der Waals surface area contributed by atoms with Crippen molar-refractivity contribution in [2.45, 2.75) is 6.42 Å². The van der Waals surface area contributed by atoms with E-state index in [4.69, 9.17) is 4.74 Å². The first-order chi connectivity index (χ1) is 8.15. The molecular formula is C12H13BrINO2. The summed E-state index contributed by atoms with van der Waals surface area (Å²) >= 11 is 5.66. The number of methoxy groups -OCH3 is 1. The van der Waals surface area contributed by atoms with Gasteiger partial charge in [-0.25, -0.2) is 0 Å². The highest BCUT2D eigenvalue weighted by Crippen LogP contribution is 2.30. The Kier molecular flexibility index (Phi) is 4.30. The van der Waals surface area contributed by atoms with Crippen LogP contribution in [0.2, 0.25) is 0 Å². The Bertz CT molecular complexity index is 439. The van der Waals surface area contributed by atoms with Crippen LogP contribution < -0.4 is 9.64 Å². The fourth-order valence-corrected chi connectivity index (χ4v) is 3.11. The summed E-state index contributed by atoms with van der Waals surface area (Å²) in [5.74, 6) is 1.47. The predicted octanol–water partition coefficient (Wildman–Crippen LogP) is 3.05. The van der Waals surface area contributed by atoms with Gasteiger partial charge in [-0.2, -0.15) is 0 Å². The molecule has 1 heterocycles. The van der Waals surface area contributed by atoms with Gasteiger partial charge in [-0.1, -0.05) is 15.9 Å². The molecule has 1 unspecified atom stereocenters. The molecule has 17 heavy (non-hydrogen) atoms. The second-order valence-electron chi connectivity index (χ2n) is 4.05. The maximum absolute atomic E-state index is 11.9. The van der Waals surface area contributed by atoms with E-state index >= 15 is 0 Å². The van der Waals surface area contributed by atoms with Gasteiger partial charge in [0.15, 0.2) is 0 Å². The van der Waals surface area contributed by atoms with Gasteiger partial charge in [0.1, 0.15) is 5.75 Å². The summed E-state index contributed by atoms with van der Waals surface area (Å²) in [7, 11) is 1.65. The molecule has 5 heteroatoms. The molecule has 0 saturated carbocycles. The minimum Gasteiger partial charge on any atom is -0.496 e. The molecule has 0 radical (unpaired) electrons. The first kappa shape index (κ1) is 13.1. The Morgan fingerprint density at radius 1 is 1.59 bits per heavy atom. The van der Waals surface area contributed by atoms with Crippen LogP contribution >= 0.6 is 38.5 Å². The van der Waals surface area contributed by atoms with Crippen LogP contribution in [0.5, 0.6) is 5.75 Å². The molecule has 1 amide bonds. The van der Waals surface area contributed by atoms with Gasteiger partial charge in [0, 0.05) is 24.0 Å². The van der Waals surface area contributed by atoms with Crippen molar-refractivity contribution in [1.29, 1.82) is 0 Å². The summed E-state index contributed by atoms with van der Waals surface area (Å²) in [6, 6.07) is 5.84. The highest BCUT2D eigenvalue weighted by molar-refractivity contribution is 14.1. The molecule has 0 bridgehead atoms. The Labute approximate surface area is 123 Å². The highest BCUT2D eigenvalue weighted by atomic mass is 127. The van der Waals surface area contributed by atoms with Crippen LogP contribution in [0, 0.1) is 9.49 Å². The number of carbonyl (C=O) groups is 1. The lowest BCUT2D eigenvalue weighted by molar-refractivity contribution is -0.117. The van der Waals surface area contributed by atoms with Crippen molar-refractivity contribution in [3.05, 3.63) is 21.8 Å². The zero-order valence-electron chi connectivity index (χ0n) is 9.45. The number of nitrogens with zero attached hydrogens (tertiary/aromatic N) is 1. The minimum absolute atomic E-state index is 0.204. The number of hydrogen-bond donors (Lipinski definition) is 0. The molecule has 2 rings (SSSR count). The summed E-state index contributed by atoms with van der Waals surface area (Å²) in [6.45, 7) is 0.798. The summed E-state index contributed by atoms with van der Waals surface area (Å²) in [6.07, 6.45) is 0.633. The van der Waals surface area contributed by atoms with Crippen molar-refractivity contribution >= 4 is 50.1 Å². The second kappa shape index (κ2) is 5.56. The van der Waals surface area contributed by atoms with Crippen LogP contribution in [0.3, 0.4) is 0 Å². The smallest absolute Gasteiger partial charge is 0.227 e. The van der Waals surface area contributed by atoms with Crippen molar-refractivity contribution in [3.8, 4) is 5.75 Å². The van der Waals surface area contributed by atoms with Gasteiger partial charge in [0.05, 0.1) is 10.7 Å². The SMILES string of the molecule is COc1ccc(N2CC(CBr)CC2=O)cc1I. The third kappa shape index (κ3) is 2.76. The maximum Gasteiger partial charge on any atom is 0.227 e. The molecule has 3 nitrogen and oxygen atoms in total. The molecule has 1 aromatic rings. The number of rotatable bonds is 3. The normalized spacial score (nSPS) is 19.8. The molecule has 0 aliphatic carbocycles. The van der Waals surface area contributed by atoms with Crippen LogP contribution in [0.25, 0.3) is 0 Å². The Morgan fingerprint density at radius 2 is 2.35 bits per heavy atom. The molecule has 1 fully saturated rings. The average molecular weight is 410 g/mol. The second-order valence-corrected chi connectivity index (χ2v) is 5.86. The quantitative estimate of drug-likeness (QED) is 0.567. The molecule has 92 valence electrons. The van der Waals surface area contributed by atoms with Crippen molar-refractivity contribution < 1.29 is 9.53 Å². The number of benzene rings is 1. The molecule has 1 aliphatic rings. The molecule has 1 aromatic carbocycles. The molecule has 0 spiro atoms. The van der Waals surface area contributed by atoms with Crippen LogP contribution in [0.15, 0.2) is 18.2 Å². The molecular weight excluding hydrogens is 397 g/mol. The van der Waals surface area contributed by atoms with E-state index in [0.717, 1.165) is 26.9 Å². The summed E-state index contributed by atoms with van der Waals surface area (Å²) in [5, 5.41) is 0.877. The Hall–Kier alpha value is -0.300. The van der Waals surface area contributed by atoms with E-state index < -0.39 is 0 Å². The van der Waals surface area contributed by atoms with Crippen molar-refractivity contribution in [3.63, 3.8) is 0 Å². The molecule has 1 aliphatic heterocycles. The standard InChI is InChI=1S/C12H13BrINO2/c1-17-11-3-2-9(5-10(11)14)15-7-8(6-13)4-12(15)16/h2-3,5,8H,4,6-7H2,1H3. The van der Waals surface area contributed by atoms with Gasteiger partial charge >= 0.3 is 0 Å². The number of carbonyl (C=O) groups excluding carboxylic acids is 1. The van der Waals surface area contributed by atoms with Gasteiger partial charge in [-0.3, -0.25) is 4.79 Å². The molecule has 1 saturated heterocycles. The van der Waals surface area contributed by atoms with E-state index in [-0.39, 0.29) is 5.91 Å².